The quantitative estimate of drug-likeness (QED) is 0.708. The molecular formula is C11H16N2. The van der Waals surface area contributed by atoms with Crippen LogP contribution in [0, 0.1) is 12.8 Å². The third kappa shape index (κ3) is 1.89. The average Bonchev–Trinajstić information content (AvgIpc) is 2.53. The first-order valence-corrected chi connectivity index (χ1v) is 4.91. The Hall–Kier alpha value is -0.890. The van der Waals surface area contributed by atoms with Crippen LogP contribution in [0.2, 0.25) is 0 Å². The van der Waals surface area contributed by atoms with Crippen LogP contribution in [0.3, 0.4) is 0 Å². The average molecular weight is 176 g/mol. The standard InChI is InChI=1S/C11H16N2/c1-8-3-4-10(12-6-8)11-5-9(2)7-13-11/h3-4,6,9,11,13H,5,7H2,1-2H3/t9-,11-/m1/s1. The minimum Gasteiger partial charge on any atom is -0.308 e. The van der Waals surface area contributed by atoms with Crippen molar-refractivity contribution in [3.05, 3.63) is 29.6 Å². The molecule has 0 radical (unpaired) electrons. The van der Waals surface area contributed by atoms with Crippen LogP contribution in [0.5, 0.6) is 0 Å². The Bertz CT molecular complexity index is 279. The second kappa shape index (κ2) is 3.46. The van der Waals surface area contributed by atoms with E-state index in [2.05, 4.69) is 36.3 Å². The van der Waals surface area contributed by atoms with E-state index in [0.29, 0.717) is 6.04 Å². The van der Waals surface area contributed by atoms with Gasteiger partial charge in [-0.3, -0.25) is 4.98 Å². The molecule has 0 aliphatic carbocycles. The third-order valence-corrected chi connectivity index (χ3v) is 2.64. The summed E-state index contributed by atoms with van der Waals surface area (Å²) in [4.78, 5) is 4.43. The van der Waals surface area contributed by atoms with Gasteiger partial charge in [-0.2, -0.15) is 0 Å². The van der Waals surface area contributed by atoms with Crippen molar-refractivity contribution in [1.29, 1.82) is 0 Å². The fraction of sp³-hybridized carbons (Fsp3) is 0.545. The first kappa shape index (κ1) is 8.70. The van der Waals surface area contributed by atoms with Gasteiger partial charge in [0, 0.05) is 12.2 Å². The predicted molar refractivity (Wildman–Crippen MR) is 53.5 cm³/mol. The lowest BCUT2D eigenvalue weighted by Gasteiger charge is -2.08. The van der Waals surface area contributed by atoms with Crippen LogP contribution in [0.1, 0.15) is 30.6 Å². The molecule has 2 rings (SSSR count). The van der Waals surface area contributed by atoms with E-state index in [4.69, 9.17) is 0 Å². The normalized spacial score (nSPS) is 27.8. The minimum absolute atomic E-state index is 0.482. The van der Waals surface area contributed by atoms with E-state index in [-0.39, 0.29) is 0 Å². The number of aromatic nitrogens is 1. The van der Waals surface area contributed by atoms with Crippen molar-refractivity contribution in [3.8, 4) is 0 Å². The first-order chi connectivity index (χ1) is 6.25. The van der Waals surface area contributed by atoms with E-state index in [1.54, 1.807) is 0 Å². The Morgan fingerprint density at radius 3 is 2.85 bits per heavy atom. The van der Waals surface area contributed by atoms with Crippen LogP contribution < -0.4 is 5.32 Å². The van der Waals surface area contributed by atoms with Crippen LogP contribution >= 0.6 is 0 Å². The molecule has 0 spiro atoms. The summed E-state index contributed by atoms with van der Waals surface area (Å²) in [6.07, 6.45) is 3.16. The molecule has 1 aliphatic heterocycles. The second-order valence-electron chi connectivity index (χ2n) is 4.06. The van der Waals surface area contributed by atoms with Crippen LogP contribution in [-0.2, 0) is 0 Å². The Morgan fingerprint density at radius 2 is 2.31 bits per heavy atom. The Balaban J connectivity index is 2.13. The maximum atomic E-state index is 4.43. The predicted octanol–water partition coefficient (Wildman–Crippen LogP) is 2.06. The molecule has 2 atom stereocenters. The number of pyridine rings is 1. The largest absolute Gasteiger partial charge is 0.308 e. The summed E-state index contributed by atoms with van der Waals surface area (Å²) in [6, 6.07) is 4.74. The maximum Gasteiger partial charge on any atom is 0.0573 e. The number of aryl methyl sites for hydroxylation is 1. The van der Waals surface area contributed by atoms with E-state index >= 15 is 0 Å². The van der Waals surface area contributed by atoms with Gasteiger partial charge < -0.3 is 5.32 Å². The van der Waals surface area contributed by atoms with Crippen LogP contribution in [-0.4, -0.2) is 11.5 Å². The van der Waals surface area contributed by atoms with E-state index in [1.807, 2.05) is 6.20 Å². The summed E-state index contributed by atoms with van der Waals surface area (Å²) in [5.74, 6) is 0.785. The Kier molecular flexibility index (Phi) is 2.32. The van der Waals surface area contributed by atoms with Gasteiger partial charge in [0.05, 0.1) is 5.69 Å². The van der Waals surface area contributed by atoms with E-state index < -0.39 is 0 Å². The van der Waals surface area contributed by atoms with Gasteiger partial charge in [-0.25, -0.2) is 0 Å². The highest BCUT2D eigenvalue weighted by Gasteiger charge is 2.22. The highest BCUT2D eigenvalue weighted by atomic mass is 15.0. The molecule has 1 aliphatic rings. The molecule has 0 aromatic carbocycles. The summed E-state index contributed by atoms with van der Waals surface area (Å²) < 4.78 is 0. The molecule has 0 saturated carbocycles. The van der Waals surface area contributed by atoms with E-state index in [0.717, 1.165) is 12.5 Å². The number of nitrogens with one attached hydrogen (secondary N) is 1. The van der Waals surface area contributed by atoms with Crippen molar-refractivity contribution in [2.75, 3.05) is 6.54 Å². The van der Waals surface area contributed by atoms with Crippen molar-refractivity contribution in [3.63, 3.8) is 0 Å². The Labute approximate surface area is 79.4 Å². The lowest BCUT2D eigenvalue weighted by molar-refractivity contribution is 0.599. The van der Waals surface area contributed by atoms with Crippen molar-refractivity contribution in [2.24, 2.45) is 5.92 Å². The second-order valence-corrected chi connectivity index (χ2v) is 4.06. The molecule has 1 aromatic rings. The molecule has 0 unspecified atom stereocenters. The fourth-order valence-corrected chi connectivity index (χ4v) is 1.82. The topological polar surface area (TPSA) is 24.9 Å². The van der Waals surface area contributed by atoms with Crippen molar-refractivity contribution in [1.82, 2.24) is 10.3 Å². The molecular weight excluding hydrogens is 160 g/mol. The van der Waals surface area contributed by atoms with Gasteiger partial charge in [-0.1, -0.05) is 13.0 Å². The van der Waals surface area contributed by atoms with Gasteiger partial charge in [-0.05, 0) is 37.4 Å². The van der Waals surface area contributed by atoms with Gasteiger partial charge in [0.25, 0.3) is 0 Å². The van der Waals surface area contributed by atoms with Gasteiger partial charge in [0.2, 0.25) is 0 Å². The van der Waals surface area contributed by atoms with Crippen molar-refractivity contribution >= 4 is 0 Å². The van der Waals surface area contributed by atoms with Crippen LogP contribution in [0.4, 0.5) is 0 Å². The maximum absolute atomic E-state index is 4.43. The summed E-state index contributed by atoms with van der Waals surface area (Å²) in [6.45, 7) is 5.48. The number of rotatable bonds is 1. The molecule has 0 bridgehead atoms. The Morgan fingerprint density at radius 1 is 1.46 bits per heavy atom. The number of hydrogen-bond acceptors (Lipinski definition) is 2. The van der Waals surface area contributed by atoms with Gasteiger partial charge in [-0.15, -0.1) is 0 Å². The van der Waals surface area contributed by atoms with E-state index in [9.17, 15) is 0 Å². The molecule has 70 valence electrons. The van der Waals surface area contributed by atoms with Crippen molar-refractivity contribution in [2.45, 2.75) is 26.3 Å². The summed E-state index contributed by atoms with van der Waals surface area (Å²) in [5, 5.41) is 3.48. The zero-order chi connectivity index (χ0) is 9.26. The molecule has 2 heterocycles. The molecule has 13 heavy (non-hydrogen) atoms. The highest BCUT2D eigenvalue weighted by Crippen LogP contribution is 2.24. The lowest BCUT2D eigenvalue weighted by atomic mass is 10.1. The number of nitrogens with zero attached hydrogens (tertiary/aromatic N) is 1. The molecule has 0 amide bonds. The van der Waals surface area contributed by atoms with Gasteiger partial charge in [0.15, 0.2) is 0 Å². The lowest BCUT2D eigenvalue weighted by Crippen LogP contribution is -2.14. The number of hydrogen-bond donors (Lipinski definition) is 1. The van der Waals surface area contributed by atoms with Gasteiger partial charge in [0.1, 0.15) is 0 Å². The highest BCUT2D eigenvalue weighted by molar-refractivity contribution is 5.16. The zero-order valence-corrected chi connectivity index (χ0v) is 8.25. The SMILES string of the molecule is Cc1ccc([C@H]2C[C@@H](C)CN2)nc1. The van der Waals surface area contributed by atoms with Crippen LogP contribution in [0.25, 0.3) is 0 Å². The minimum atomic E-state index is 0.482. The molecule has 2 heteroatoms. The molecule has 1 fully saturated rings. The first-order valence-electron chi connectivity index (χ1n) is 4.91. The summed E-state index contributed by atoms with van der Waals surface area (Å²) in [5.41, 5.74) is 2.42. The molecule has 2 nitrogen and oxygen atoms in total. The van der Waals surface area contributed by atoms with Crippen molar-refractivity contribution < 1.29 is 0 Å². The zero-order valence-electron chi connectivity index (χ0n) is 8.25. The summed E-state index contributed by atoms with van der Waals surface area (Å²) in [7, 11) is 0. The monoisotopic (exact) mass is 176 g/mol. The third-order valence-electron chi connectivity index (χ3n) is 2.64. The summed E-state index contributed by atoms with van der Waals surface area (Å²) >= 11 is 0. The molecule has 1 aromatic heterocycles. The molecule has 1 saturated heterocycles. The molecule has 1 N–H and O–H groups in total. The van der Waals surface area contributed by atoms with Gasteiger partial charge >= 0.3 is 0 Å². The smallest absolute Gasteiger partial charge is 0.0573 e. The van der Waals surface area contributed by atoms with Crippen LogP contribution in [0.15, 0.2) is 18.3 Å². The fourth-order valence-electron chi connectivity index (χ4n) is 1.82. The van der Waals surface area contributed by atoms with E-state index in [1.165, 1.54) is 17.7 Å².